The monoisotopic (exact) mass is 461 g/mol. The number of hydrogen-bond donors (Lipinski definition) is 2. The minimum atomic E-state index is -2.42. The van der Waals surface area contributed by atoms with Gasteiger partial charge in [0, 0.05) is 68.0 Å². The van der Waals surface area contributed by atoms with Crippen molar-refractivity contribution in [3.05, 3.63) is 48.0 Å². The molecule has 0 unspecified atom stereocenters. The highest BCUT2D eigenvalue weighted by atomic mass is 16.1. The largest absolute Gasteiger partial charge is 0.363 e. The first-order valence-electron chi connectivity index (χ1n) is 12.2. The fourth-order valence-electron chi connectivity index (χ4n) is 4.05. The molecule has 0 aromatic carbocycles. The Kier molecular flexibility index (Phi) is 4.41. The number of rotatable bonds is 6. The van der Waals surface area contributed by atoms with Crippen molar-refractivity contribution < 1.29 is 8.91 Å². The third-order valence-electron chi connectivity index (χ3n) is 5.84. The van der Waals surface area contributed by atoms with Gasteiger partial charge < -0.3 is 15.5 Å². The first-order chi connectivity index (χ1) is 17.5. The number of fused-ring (bicyclic) bond motifs is 3. The standard InChI is InChI=1S/C23H26N10O/c1-6-17(34)15-12-25-19(27-18-8-10-31(3)28-18)11-16(15)26-23-22-14(7-9-24-23)21-20(13(2)32(22)4)29-33(5)30-21/h7-13H,6H2,1-5H3,(H2,24,25,26,27,28)/t13-/m1/s1/i1D3. The average Bonchev–Trinajstić information content (AvgIpc) is 3.41. The van der Waals surface area contributed by atoms with Crippen LogP contribution in [0.3, 0.4) is 0 Å². The summed E-state index contributed by atoms with van der Waals surface area (Å²) in [5.74, 6) is 0.930. The first-order valence-corrected chi connectivity index (χ1v) is 10.7. The maximum Gasteiger partial charge on any atom is 0.166 e. The summed E-state index contributed by atoms with van der Waals surface area (Å²) in [5, 5.41) is 19.7. The predicted molar refractivity (Wildman–Crippen MR) is 130 cm³/mol. The maximum atomic E-state index is 13.0. The molecule has 1 aliphatic rings. The Morgan fingerprint density at radius 2 is 1.97 bits per heavy atom. The molecule has 11 heteroatoms. The third kappa shape index (κ3) is 3.64. The molecule has 5 heterocycles. The van der Waals surface area contributed by atoms with E-state index in [1.165, 1.54) is 6.20 Å². The van der Waals surface area contributed by atoms with Gasteiger partial charge in [-0.2, -0.15) is 20.1 Å². The van der Waals surface area contributed by atoms with Crippen LogP contribution in [0.1, 0.15) is 46.4 Å². The fourth-order valence-corrected chi connectivity index (χ4v) is 4.05. The van der Waals surface area contributed by atoms with Crippen molar-refractivity contribution >= 4 is 34.6 Å². The number of carbonyl (C=O) groups is 1. The second kappa shape index (κ2) is 8.25. The molecule has 0 radical (unpaired) electrons. The Bertz CT molecular complexity index is 1490. The lowest BCUT2D eigenvalue weighted by Gasteiger charge is -2.33. The van der Waals surface area contributed by atoms with Gasteiger partial charge in [0.1, 0.15) is 17.2 Å². The Hall–Kier alpha value is -4.28. The lowest BCUT2D eigenvalue weighted by Crippen LogP contribution is -2.27. The number of aromatic nitrogens is 7. The van der Waals surface area contributed by atoms with E-state index in [-0.39, 0.29) is 11.6 Å². The molecule has 4 aromatic heterocycles. The lowest BCUT2D eigenvalue weighted by atomic mass is 9.98. The Morgan fingerprint density at radius 3 is 2.74 bits per heavy atom. The van der Waals surface area contributed by atoms with Gasteiger partial charge in [-0.25, -0.2) is 9.97 Å². The van der Waals surface area contributed by atoms with Gasteiger partial charge >= 0.3 is 0 Å². The molecule has 0 fully saturated rings. The van der Waals surface area contributed by atoms with Crippen molar-refractivity contribution in [2.45, 2.75) is 26.2 Å². The van der Waals surface area contributed by atoms with E-state index in [9.17, 15) is 4.79 Å². The zero-order valence-electron chi connectivity index (χ0n) is 22.2. The molecule has 34 heavy (non-hydrogen) atoms. The molecule has 174 valence electrons. The van der Waals surface area contributed by atoms with Gasteiger partial charge in [0.2, 0.25) is 0 Å². The van der Waals surface area contributed by atoms with E-state index in [4.69, 9.17) is 4.11 Å². The van der Waals surface area contributed by atoms with Crippen LogP contribution in [0, 0.1) is 0 Å². The number of ketones is 1. The van der Waals surface area contributed by atoms with Crippen molar-refractivity contribution in [1.29, 1.82) is 0 Å². The minimum Gasteiger partial charge on any atom is -0.363 e. The summed E-state index contributed by atoms with van der Waals surface area (Å²) in [6.45, 7) is -0.388. The Balaban J connectivity index is 1.58. The second-order valence-electron chi connectivity index (χ2n) is 8.11. The van der Waals surface area contributed by atoms with Crippen LogP contribution in [0.4, 0.5) is 28.8 Å². The molecule has 0 saturated heterocycles. The van der Waals surface area contributed by atoms with E-state index in [2.05, 4.69) is 35.9 Å². The third-order valence-corrected chi connectivity index (χ3v) is 5.84. The zero-order valence-corrected chi connectivity index (χ0v) is 19.2. The van der Waals surface area contributed by atoms with Crippen molar-refractivity contribution in [3.8, 4) is 11.3 Å². The number of pyridine rings is 2. The average molecular weight is 462 g/mol. The molecule has 0 aliphatic carbocycles. The van der Waals surface area contributed by atoms with Gasteiger partial charge in [-0.15, -0.1) is 0 Å². The van der Waals surface area contributed by atoms with Crippen molar-refractivity contribution in [1.82, 2.24) is 34.7 Å². The van der Waals surface area contributed by atoms with Crippen LogP contribution >= 0.6 is 0 Å². The van der Waals surface area contributed by atoms with Gasteiger partial charge in [0.05, 0.1) is 23.0 Å². The predicted octanol–water partition coefficient (Wildman–Crippen LogP) is 3.60. The van der Waals surface area contributed by atoms with E-state index in [1.807, 2.05) is 24.9 Å². The summed E-state index contributed by atoms with van der Waals surface area (Å²) in [6.07, 6.45) is 4.19. The van der Waals surface area contributed by atoms with Crippen molar-refractivity contribution in [2.24, 2.45) is 14.1 Å². The topological polar surface area (TPSA) is 119 Å². The van der Waals surface area contributed by atoms with Crippen LogP contribution in [0.2, 0.25) is 0 Å². The van der Waals surface area contributed by atoms with Gasteiger partial charge in [-0.05, 0) is 13.0 Å². The molecule has 5 rings (SSSR count). The molecule has 0 bridgehead atoms. The number of nitrogens with zero attached hydrogens (tertiary/aromatic N) is 8. The van der Waals surface area contributed by atoms with E-state index in [0.29, 0.717) is 23.1 Å². The number of hydrogen-bond acceptors (Lipinski definition) is 9. The normalized spacial score (nSPS) is 16.2. The quantitative estimate of drug-likeness (QED) is 0.415. The fraction of sp³-hybridized carbons (Fsp3) is 0.304. The van der Waals surface area contributed by atoms with E-state index >= 15 is 0 Å². The van der Waals surface area contributed by atoms with Crippen LogP contribution in [0.25, 0.3) is 11.3 Å². The molecule has 0 amide bonds. The Labute approximate surface area is 201 Å². The van der Waals surface area contributed by atoms with Gasteiger partial charge in [-0.1, -0.05) is 6.85 Å². The highest BCUT2D eigenvalue weighted by molar-refractivity contribution is 6.02. The summed E-state index contributed by atoms with van der Waals surface area (Å²) in [7, 11) is 5.52. The van der Waals surface area contributed by atoms with E-state index in [1.54, 1.807) is 48.1 Å². The lowest BCUT2D eigenvalue weighted by molar-refractivity contribution is 0.0988. The zero-order chi connectivity index (χ0) is 26.5. The van der Waals surface area contributed by atoms with Gasteiger partial charge in [0.15, 0.2) is 17.4 Å². The van der Waals surface area contributed by atoms with E-state index < -0.39 is 19.1 Å². The molecular weight excluding hydrogens is 432 g/mol. The van der Waals surface area contributed by atoms with Crippen LogP contribution in [0.5, 0.6) is 0 Å². The summed E-state index contributed by atoms with van der Waals surface area (Å²) in [4.78, 5) is 25.5. The number of anilines is 5. The SMILES string of the molecule is [2H]C([2H])([2H])CC(=O)c1cnc(Nc2ccn(C)n2)cc1Nc1nccc2c1N(C)[C@H](C)c1nn(C)nc1-2. The highest BCUT2D eigenvalue weighted by Gasteiger charge is 2.32. The summed E-state index contributed by atoms with van der Waals surface area (Å²) < 4.78 is 24.3. The van der Waals surface area contributed by atoms with Crippen LogP contribution in [0.15, 0.2) is 36.8 Å². The van der Waals surface area contributed by atoms with Crippen molar-refractivity contribution in [3.63, 3.8) is 0 Å². The summed E-state index contributed by atoms with van der Waals surface area (Å²) in [5.41, 5.74) is 3.77. The summed E-state index contributed by atoms with van der Waals surface area (Å²) >= 11 is 0. The Morgan fingerprint density at radius 1 is 1.12 bits per heavy atom. The highest BCUT2D eigenvalue weighted by Crippen LogP contribution is 2.45. The second-order valence-corrected chi connectivity index (χ2v) is 8.11. The van der Waals surface area contributed by atoms with Crippen molar-refractivity contribution in [2.75, 3.05) is 22.6 Å². The molecule has 1 atom stereocenters. The molecule has 11 nitrogen and oxygen atoms in total. The first kappa shape index (κ1) is 18.2. The molecule has 0 saturated carbocycles. The molecule has 4 aromatic rings. The number of nitrogens with one attached hydrogen (secondary N) is 2. The van der Waals surface area contributed by atoms with Gasteiger partial charge in [0.25, 0.3) is 0 Å². The minimum absolute atomic E-state index is 0.0727. The summed E-state index contributed by atoms with van der Waals surface area (Å²) in [6, 6.07) is 5.23. The number of aryl methyl sites for hydroxylation is 2. The van der Waals surface area contributed by atoms with E-state index in [0.717, 1.165) is 22.6 Å². The molecule has 1 aliphatic heterocycles. The number of Topliss-reactive ketones (excluding diaryl/α,β-unsaturated/α-hetero) is 1. The van der Waals surface area contributed by atoms with Crippen LogP contribution < -0.4 is 15.5 Å². The van der Waals surface area contributed by atoms with Crippen LogP contribution in [-0.2, 0) is 14.1 Å². The molecule has 0 spiro atoms. The molecular formula is C23H26N10O. The smallest absolute Gasteiger partial charge is 0.166 e. The molecule has 2 N–H and O–H groups in total. The maximum absolute atomic E-state index is 13.0. The van der Waals surface area contributed by atoms with Gasteiger partial charge in [-0.3, -0.25) is 9.48 Å². The number of carbonyl (C=O) groups excluding carboxylic acids is 1. The van der Waals surface area contributed by atoms with Crippen LogP contribution in [-0.4, -0.2) is 47.6 Å².